The molecule has 2 rings (SSSR count). The minimum atomic E-state index is -4.21. The quantitative estimate of drug-likeness (QED) is 0.839. The summed E-state index contributed by atoms with van der Waals surface area (Å²) in [5.41, 5.74) is 0. The summed E-state index contributed by atoms with van der Waals surface area (Å²) in [5, 5.41) is 11.7. The van der Waals surface area contributed by atoms with E-state index >= 15 is 0 Å². The van der Waals surface area contributed by atoms with Crippen LogP contribution < -0.4 is 5.32 Å². The molecule has 0 bridgehead atoms. The molecule has 0 aromatic carbocycles. The summed E-state index contributed by atoms with van der Waals surface area (Å²) >= 11 is 0. The molecule has 126 valence electrons. The monoisotopic (exact) mass is 321 g/mol. The molecule has 0 aromatic rings. The molecule has 0 heterocycles. The zero-order valence-electron chi connectivity index (χ0n) is 12.4. The van der Waals surface area contributed by atoms with Crippen LogP contribution in [0.4, 0.5) is 13.2 Å². The van der Waals surface area contributed by atoms with Gasteiger partial charge >= 0.3 is 12.1 Å². The Morgan fingerprint density at radius 3 is 2.23 bits per heavy atom. The van der Waals surface area contributed by atoms with Crippen molar-refractivity contribution < 1.29 is 27.9 Å². The van der Waals surface area contributed by atoms with E-state index in [1.165, 1.54) is 0 Å². The fraction of sp³-hybridized carbons (Fsp3) is 0.867. The molecule has 2 saturated carbocycles. The van der Waals surface area contributed by atoms with Crippen molar-refractivity contribution in [1.82, 2.24) is 5.32 Å². The van der Waals surface area contributed by atoms with Crippen LogP contribution in [-0.2, 0) is 9.59 Å². The van der Waals surface area contributed by atoms with Gasteiger partial charge in [0.1, 0.15) is 0 Å². The molecular weight excluding hydrogens is 299 g/mol. The van der Waals surface area contributed by atoms with Crippen LogP contribution in [0.25, 0.3) is 0 Å². The van der Waals surface area contributed by atoms with Gasteiger partial charge in [0, 0.05) is 12.0 Å². The first-order valence-electron chi connectivity index (χ1n) is 7.87. The first-order valence-corrected chi connectivity index (χ1v) is 7.87. The van der Waals surface area contributed by atoms with Gasteiger partial charge in [-0.25, -0.2) is 0 Å². The van der Waals surface area contributed by atoms with Crippen molar-refractivity contribution >= 4 is 11.9 Å². The molecule has 4 unspecified atom stereocenters. The minimum absolute atomic E-state index is 0.0652. The summed E-state index contributed by atoms with van der Waals surface area (Å²) in [6.07, 6.45) is -0.983. The van der Waals surface area contributed by atoms with Crippen LogP contribution in [0, 0.1) is 17.8 Å². The summed E-state index contributed by atoms with van der Waals surface area (Å²) in [7, 11) is 0. The van der Waals surface area contributed by atoms with E-state index in [4.69, 9.17) is 5.11 Å². The van der Waals surface area contributed by atoms with Crippen molar-refractivity contribution in [2.24, 2.45) is 17.8 Å². The number of carbonyl (C=O) groups is 2. The normalized spacial score (nSPS) is 33.2. The summed E-state index contributed by atoms with van der Waals surface area (Å²) in [6, 6.07) is -0.446. The van der Waals surface area contributed by atoms with E-state index in [-0.39, 0.29) is 31.1 Å². The zero-order valence-corrected chi connectivity index (χ0v) is 12.4. The van der Waals surface area contributed by atoms with Crippen molar-refractivity contribution in [1.29, 1.82) is 0 Å². The molecule has 0 spiro atoms. The zero-order chi connectivity index (χ0) is 16.3. The van der Waals surface area contributed by atoms with E-state index in [9.17, 15) is 22.8 Å². The third kappa shape index (κ3) is 4.36. The van der Waals surface area contributed by atoms with Gasteiger partial charge in [0.25, 0.3) is 0 Å². The van der Waals surface area contributed by atoms with Crippen molar-refractivity contribution in [3.8, 4) is 0 Å². The predicted molar refractivity (Wildman–Crippen MR) is 73.0 cm³/mol. The maximum absolute atomic E-state index is 12.8. The van der Waals surface area contributed by atoms with Gasteiger partial charge in [-0.1, -0.05) is 12.8 Å². The first-order chi connectivity index (χ1) is 10.3. The van der Waals surface area contributed by atoms with E-state index in [1.54, 1.807) is 0 Å². The largest absolute Gasteiger partial charge is 0.481 e. The van der Waals surface area contributed by atoms with Gasteiger partial charge in [0.2, 0.25) is 5.91 Å². The Balaban J connectivity index is 1.87. The van der Waals surface area contributed by atoms with E-state index in [0.717, 1.165) is 0 Å². The highest BCUT2D eigenvalue weighted by atomic mass is 19.4. The molecular formula is C15H22F3NO3. The number of amides is 1. The Kier molecular flexibility index (Phi) is 5.34. The van der Waals surface area contributed by atoms with Crippen molar-refractivity contribution in [3.05, 3.63) is 0 Å². The molecule has 0 aliphatic heterocycles. The number of carboxylic acids is 1. The highest BCUT2D eigenvalue weighted by molar-refractivity contribution is 5.80. The Labute approximate surface area is 127 Å². The highest BCUT2D eigenvalue weighted by Crippen LogP contribution is 2.38. The average Bonchev–Trinajstić information content (AvgIpc) is 2.46. The number of halogens is 3. The molecule has 1 amide bonds. The fourth-order valence-electron chi connectivity index (χ4n) is 3.59. The van der Waals surface area contributed by atoms with Crippen LogP contribution in [0.15, 0.2) is 0 Å². The molecule has 0 saturated heterocycles. The maximum Gasteiger partial charge on any atom is 0.391 e. The molecule has 2 fully saturated rings. The van der Waals surface area contributed by atoms with Crippen LogP contribution in [-0.4, -0.2) is 29.2 Å². The molecule has 2 aliphatic rings. The number of carbonyl (C=O) groups excluding carboxylic acids is 1. The smallest absolute Gasteiger partial charge is 0.391 e. The SMILES string of the molecule is O=C(O)C1CCCC(C(=O)NC2CCCC(C(F)(F)F)C2)C1. The van der Waals surface area contributed by atoms with Crippen molar-refractivity contribution in [2.45, 2.75) is 63.6 Å². The van der Waals surface area contributed by atoms with Crippen LogP contribution in [0.2, 0.25) is 0 Å². The fourth-order valence-corrected chi connectivity index (χ4v) is 3.59. The Morgan fingerprint density at radius 2 is 1.59 bits per heavy atom. The molecule has 2 N–H and O–H groups in total. The average molecular weight is 321 g/mol. The maximum atomic E-state index is 12.8. The number of alkyl halides is 3. The summed E-state index contributed by atoms with van der Waals surface area (Å²) in [4.78, 5) is 23.2. The number of rotatable bonds is 3. The van der Waals surface area contributed by atoms with Gasteiger partial charge < -0.3 is 10.4 Å². The second-order valence-electron chi connectivity index (χ2n) is 6.51. The summed E-state index contributed by atoms with van der Waals surface area (Å²) in [5.74, 6) is -3.42. The summed E-state index contributed by atoms with van der Waals surface area (Å²) < 4.78 is 38.3. The molecule has 2 aliphatic carbocycles. The third-order valence-corrected chi connectivity index (χ3v) is 4.88. The topological polar surface area (TPSA) is 66.4 Å². The Hall–Kier alpha value is -1.27. The number of nitrogens with one attached hydrogen (secondary N) is 1. The molecule has 7 heteroatoms. The highest BCUT2D eigenvalue weighted by Gasteiger charge is 2.42. The van der Waals surface area contributed by atoms with Gasteiger partial charge in [-0.3, -0.25) is 9.59 Å². The van der Waals surface area contributed by atoms with Gasteiger partial charge in [0.05, 0.1) is 11.8 Å². The molecule has 22 heavy (non-hydrogen) atoms. The van der Waals surface area contributed by atoms with Crippen LogP contribution in [0.1, 0.15) is 51.4 Å². The number of hydrogen-bond acceptors (Lipinski definition) is 2. The van der Waals surface area contributed by atoms with Crippen LogP contribution in [0.5, 0.6) is 0 Å². The number of hydrogen-bond donors (Lipinski definition) is 2. The van der Waals surface area contributed by atoms with E-state index in [1.807, 2.05) is 0 Å². The predicted octanol–water partition coefficient (Wildman–Crippen LogP) is 3.11. The lowest BCUT2D eigenvalue weighted by molar-refractivity contribution is -0.184. The minimum Gasteiger partial charge on any atom is -0.481 e. The van der Waals surface area contributed by atoms with E-state index in [2.05, 4.69) is 5.32 Å². The lowest BCUT2D eigenvalue weighted by Gasteiger charge is -2.33. The summed E-state index contributed by atoms with van der Waals surface area (Å²) in [6.45, 7) is 0. The standard InChI is InChI=1S/C15H22F3NO3/c16-15(17,18)11-5-2-6-12(8-11)19-13(20)9-3-1-4-10(7-9)14(21)22/h9-12H,1-8H2,(H,19,20)(H,21,22). The lowest BCUT2D eigenvalue weighted by Crippen LogP contribution is -2.45. The second-order valence-corrected chi connectivity index (χ2v) is 6.51. The first kappa shape index (κ1) is 17.1. The van der Waals surface area contributed by atoms with Crippen LogP contribution >= 0.6 is 0 Å². The molecule has 0 aromatic heterocycles. The van der Waals surface area contributed by atoms with Crippen molar-refractivity contribution in [3.63, 3.8) is 0 Å². The van der Waals surface area contributed by atoms with E-state index < -0.39 is 30.0 Å². The Morgan fingerprint density at radius 1 is 0.955 bits per heavy atom. The van der Waals surface area contributed by atoms with Gasteiger partial charge in [-0.2, -0.15) is 13.2 Å². The van der Waals surface area contributed by atoms with E-state index in [0.29, 0.717) is 32.1 Å². The number of aliphatic carboxylic acids is 1. The lowest BCUT2D eigenvalue weighted by atomic mass is 9.80. The van der Waals surface area contributed by atoms with Crippen molar-refractivity contribution in [2.75, 3.05) is 0 Å². The third-order valence-electron chi connectivity index (χ3n) is 4.88. The van der Waals surface area contributed by atoms with Crippen LogP contribution in [0.3, 0.4) is 0 Å². The second kappa shape index (κ2) is 6.87. The Bertz CT molecular complexity index is 425. The number of carboxylic acid groups (broad SMARTS) is 1. The molecule has 4 nitrogen and oxygen atoms in total. The molecule has 0 radical (unpaired) electrons. The van der Waals surface area contributed by atoms with Gasteiger partial charge in [-0.05, 0) is 38.5 Å². The van der Waals surface area contributed by atoms with Gasteiger partial charge in [0.15, 0.2) is 0 Å². The molecule has 4 atom stereocenters. The van der Waals surface area contributed by atoms with Gasteiger partial charge in [-0.15, -0.1) is 0 Å².